The van der Waals surface area contributed by atoms with Crippen molar-refractivity contribution in [2.45, 2.75) is 45.3 Å². The van der Waals surface area contributed by atoms with Gasteiger partial charge in [-0.3, -0.25) is 0 Å². The van der Waals surface area contributed by atoms with Crippen LogP contribution in [0.15, 0.2) is 18.2 Å². The normalized spacial score (nSPS) is 17.2. The van der Waals surface area contributed by atoms with Crippen molar-refractivity contribution in [2.24, 2.45) is 0 Å². The number of rotatable bonds is 4. The Morgan fingerprint density at radius 1 is 1.38 bits per heavy atom. The van der Waals surface area contributed by atoms with Crippen LogP contribution in [0, 0.1) is 0 Å². The second-order valence-corrected chi connectivity index (χ2v) is 5.07. The van der Waals surface area contributed by atoms with E-state index in [1.165, 1.54) is 12.8 Å². The Balaban J connectivity index is 2.18. The van der Waals surface area contributed by atoms with Gasteiger partial charge in [-0.1, -0.05) is 6.07 Å². The molecule has 0 bridgehead atoms. The Morgan fingerprint density at radius 3 is 2.62 bits per heavy atom. The molecular weight excluding hydrogens is 200 g/mol. The van der Waals surface area contributed by atoms with Crippen molar-refractivity contribution in [3.63, 3.8) is 0 Å². The summed E-state index contributed by atoms with van der Waals surface area (Å²) in [5.74, 6) is 0.768. The van der Waals surface area contributed by atoms with E-state index < -0.39 is 0 Å². The van der Waals surface area contributed by atoms with Gasteiger partial charge < -0.3 is 15.8 Å². The van der Waals surface area contributed by atoms with Gasteiger partial charge in [-0.2, -0.15) is 0 Å². The van der Waals surface area contributed by atoms with Crippen LogP contribution in [0.25, 0.3) is 0 Å². The molecule has 1 aromatic carbocycles. The van der Waals surface area contributed by atoms with E-state index in [0.29, 0.717) is 5.69 Å². The third kappa shape index (κ3) is 2.40. The first kappa shape index (κ1) is 11.1. The molecule has 2 rings (SSSR count). The molecule has 0 amide bonds. The van der Waals surface area contributed by atoms with Crippen LogP contribution in [0.3, 0.4) is 0 Å². The molecule has 0 atom stereocenters. The first-order valence-electron chi connectivity index (χ1n) is 5.83. The fraction of sp³-hybridized carbons (Fsp3) is 0.538. The van der Waals surface area contributed by atoms with Crippen molar-refractivity contribution < 1.29 is 4.74 Å². The molecule has 3 nitrogen and oxygen atoms in total. The Hall–Kier alpha value is -1.38. The van der Waals surface area contributed by atoms with Gasteiger partial charge in [0, 0.05) is 5.54 Å². The van der Waals surface area contributed by atoms with E-state index in [-0.39, 0.29) is 11.6 Å². The summed E-state index contributed by atoms with van der Waals surface area (Å²) < 4.78 is 5.66. The molecule has 1 saturated carbocycles. The first-order valence-corrected chi connectivity index (χ1v) is 5.83. The minimum atomic E-state index is 0.147. The predicted molar refractivity (Wildman–Crippen MR) is 67.9 cm³/mol. The summed E-state index contributed by atoms with van der Waals surface area (Å²) in [6, 6.07) is 5.89. The third-order valence-electron chi connectivity index (χ3n) is 2.87. The number of nitrogens with one attached hydrogen (secondary N) is 1. The van der Waals surface area contributed by atoms with Crippen LogP contribution >= 0.6 is 0 Å². The molecule has 88 valence electrons. The van der Waals surface area contributed by atoms with Crippen molar-refractivity contribution in [1.29, 1.82) is 0 Å². The van der Waals surface area contributed by atoms with Crippen LogP contribution in [-0.2, 0) is 0 Å². The minimum absolute atomic E-state index is 0.147. The van der Waals surface area contributed by atoms with Gasteiger partial charge in [0.15, 0.2) is 0 Å². The van der Waals surface area contributed by atoms with Gasteiger partial charge in [-0.05, 0) is 45.7 Å². The van der Waals surface area contributed by atoms with Crippen LogP contribution in [0.5, 0.6) is 5.75 Å². The Labute approximate surface area is 97.0 Å². The van der Waals surface area contributed by atoms with E-state index in [4.69, 9.17) is 10.5 Å². The standard InChI is InChI=1S/C13H20N2O/c1-9(2)16-11-6-4-5-10(12(11)14)15-13(3)7-8-13/h4-6,9,15H,7-8,14H2,1-3H3. The zero-order chi connectivity index (χ0) is 11.8. The number of nitrogen functional groups attached to an aromatic ring is 1. The number of para-hydroxylation sites is 1. The molecule has 1 aliphatic rings. The quantitative estimate of drug-likeness (QED) is 0.767. The van der Waals surface area contributed by atoms with Gasteiger partial charge in [-0.15, -0.1) is 0 Å². The Bertz CT molecular complexity index is 384. The Morgan fingerprint density at radius 2 is 2.06 bits per heavy atom. The lowest BCUT2D eigenvalue weighted by Gasteiger charge is -2.18. The van der Waals surface area contributed by atoms with Crippen molar-refractivity contribution >= 4 is 11.4 Å². The summed E-state index contributed by atoms with van der Waals surface area (Å²) >= 11 is 0. The predicted octanol–water partition coefficient (Wildman–Crippen LogP) is 3.02. The number of anilines is 2. The van der Waals surface area contributed by atoms with Crippen LogP contribution < -0.4 is 15.8 Å². The van der Waals surface area contributed by atoms with E-state index in [0.717, 1.165) is 11.4 Å². The van der Waals surface area contributed by atoms with Crippen molar-refractivity contribution in [1.82, 2.24) is 0 Å². The van der Waals surface area contributed by atoms with Gasteiger partial charge in [0.05, 0.1) is 17.5 Å². The van der Waals surface area contributed by atoms with E-state index in [2.05, 4.69) is 12.2 Å². The first-order chi connectivity index (χ1) is 7.50. The number of benzene rings is 1. The van der Waals surface area contributed by atoms with Crippen LogP contribution in [0.1, 0.15) is 33.6 Å². The smallest absolute Gasteiger partial charge is 0.144 e. The van der Waals surface area contributed by atoms with Crippen molar-refractivity contribution in [3.05, 3.63) is 18.2 Å². The molecule has 3 N–H and O–H groups in total. The Kier molecular flexibility index (Phi) is 2.70. The summed E-state index contributed by atoms with van der Waals surface area (Å²) in [6.07, 6.45) is 2.57. The minimum Gasteiger partial charge on any atom is -0.489 e. The van der Waals surface area contributed by atoms with Gasteiger partial charge in [0.25, 0.3) is 0 Å². The maximum Gasteiger partial charge on any atom is 0.144 e. The van der Waals surface area contributed by atoms with Gasteiger partial charge >= 0.3 is 0 Å². The van der Waals surface area contributed by atoms with E-state index >= 15 is 0 Å². The largest absolute Gasteiger partial charge is 0.489 e. The lowest BCUT2D eigenvalue weighted by Crippen LogP contribution is -2.17. The maximum atomic E-state index is 6.08. The number of ether oxygens (including phenoxy) is 1. The second kappa shape index (κ2) is 3.89. The lowest BCUT2D eigenvalue weighted by molar-refractivity contribution is 0.244. The highest BCUT2D eigenvalue weighted by atomic mass is 16.5. The highest BCUT2D eigenvalue weighted by Gasteiger charge is 2.37. The molecule has 0 heterocycles. The average molecular weight is 220 g/mol. The highest BCUT2D eigenvalue weighted by Crippen LogP contribution is 2.41. The molecule has 3 heteroatoms. The number of nitrogens with two attached hydrogens (primary N) is 1. The lowest BCUT2D eigenvalue weighted by atomic mass is 10.2. The summed E-state index contributed by atoms with van der Waals surface area (Å²) in [6.45, 7) is 6.21. The average Bonchev–Trinajstić information content (AvgIpc) is 2.90. The molecule has 0 aliphatic heterocycles. The topological polar surface area (TPSA) is 47.3 Å². The molecule has 1 fully saturated rings. The molecule has 0 saturated heterocycles. The highest BCUT2D eigenvalue weighted by molar-refractivity contribution is 5.74. The molecule has 0 aromatic heterocycles. The molecule has 1 aliphatic carbocycles. The van der Waals surface area contributed by atoms with E-state index in [9.17, 15) is 0 Å². The fourth-order valence-corrected chi connectivity index (χ4v) is 1.65. The van der Waals surface area contributed by atoms with Crippen molar-refractivity contribution in [2.75, 3.05) is 11.1 Å². The van der Waals surface area contributed by atoms with Gasteiger partial charge in [0.2, 0.25) is 0 Å². The third-order valence-corrected chi connectivity index (χ3v) is 2.87. The van der Waals surface area contributed by atoms with Crippen LogP contribution in [0.2, 0.25) is 0 Å². The maximum absolute atomic E-state index is 6.08. The van der Waals surface area contributed by atoms with Crippen LogP contribution in [0.4, 0.5) is 11.4 Å². The van der Waals surface area contributed by atoms with Gasteiger partial charge in [-0.25, -0.2) is 0 Å². The number of hydrogen-bond acceptors (Lipinski definition) is 3. The molecule has 1 aromatic rings. The monoisotopic (exact) mass is 220 g/mol. The zero-order valence-electron chi connectivity index (χ0n) is 10.2. The fourth-order valence-electron chi connectivity index (χ4n) is 1.65. The molecule has 16 heavy (non-hydrogen) atoms. The number of hydrogen-bond donors (Lipinski definition) is 2. The van der Waals surface area contributed by atoms with Gasteiger partial charge in [0.1, 0.15) is 5.75 Å². The summed E-state index contributed by atoms with van der Waals surface area (Å²) in [4.78, 5) is 0. The SMILES string of the molecule is CC(C)Oc1cccc(NC2(C)CC2)c1N. The molecule has 0 radical (unpaired) electrons. The molecule has 0 spiro atoms. The van der Waals surface area contributed by atoms with E-state index in [1.54, 1.807) is 0 Å². The summed E-state index contributed by atoms with van der Waals surface area (Å²) in [7, 11) is 0. The van der Waals surface area contributed by atoms with Crippen LogP contribution in [-0.4, -0.2) is 11.6 Å². The molecular formula is C13H20N2O. The van der Waals surface area contributed by atoms with E-state index in [1.807, 2.05) is 32.0 Å². The molecule has 0 unspecified atom stereocenters. The second-order valence-electron chi connectivity index (χ2n) is 5.07. The van der Waals surface area contributed by atoms with Crippen molar-refractivity contribution in [3.8, 4) is 5.75 Å². The zero-order valence-corrected chi connectivity index (χ0v) is 10.2. The summed E-state index contributed by atoms with van der Waals surface area (Å²) in [5, 5.41) is 3.47. The summed E-state index contributed by atoms with van der Waals surface area (Å²) in [5.41, 5.74) is 8.02.